The summed E-state index contributed by atoms with van der Waals surface area (Å²) in [5.41, 5.74) is 1.90. The number of hydrogen-bond donors (Lipinski definition) is 0. The molecule has 0 fully saturated rings. The highest BCUT2D eigenvalue weighted by Gasteiger charge is 2.10. The van der Waals surface area contributed by atoms with E-state index < -0.39 is 4.92 Å². The van der Waals surface area contributed by atoms with Gasteiger partial charge in [0, 0.05) is 17.7 Å². The van der Waals surface area contributed by atoms with E-state index in [2.05, 4.69) is 6.07 Å². The lowest BCUT2D eigenvalue weighted by atomic mass is 10.1. The molecular weight excluding hydrogens is 304 g/mol. The maximum atomic E-state index is 10.9. The minimum absolute atomic E-state index is 0.00277. The van der Waals surface area contributed by atoms with Gasteiger partial charge in [0.1, 0.15) is 11.5 Å². The third kappa shape index (κ3) is 3.23. The molecule has 0 bridgehead atoms. The molecule has 0 amide bonds. The second kappa shape index (κ2) is 6.63. The van der Waals surface area contributed by atoms with Crippen molar-refractivity contribution in [2.75, 3.05) is 0 Å². The average Bonchev–Trinajstić information content (AvgIpc) is 3.09. The summed E-state index contributed by atoms with van der Waals surface area (Å²) in [5.74, 6) is 1.02. The van der Waals surface area contributed by atoms with Gasteiger partial charge >= 0.3 is 0 Å². The number of allylic oxidation sites excluding steroid dienone is 1. The first kappa shape index (κ1) is 15.3. The molecule has 0 aliphatic heterocycles. The second-order valence-corrected chi connectivity index (χ2v) is 5.05. The van der Waals surface area contributed by atoms with Crippen LogP contribution >= 0.6 is 0 Å². The van der Waals surface area contributed by atoms with Crippen molar-refractivity contribution in [3.8, 4) is 17.4 Å². The van der Waals surface area contributed by atoms with Gasteiger partial charge in [0.2, 0.25) is 0 Å². The van der Waals surface area contributed by atoms with E-state index in [9.17, 15) is 15.4 Å². The van der Waals surface area contributed by atoms with Crippen LogP contribution in [-0.4, -0.2) is 4.92 Å². The Hall–Kier alpha value is -3.65. The first-order valence-corrected chi connectivity index (χ1v) is 7.19. The van der Waals surface area contributed by atoms with Crippen molar-refractivity contribution in [1.29, 1.82) is 5.26 Å². The molecule has 0 aliphatic carbocycles. The van der Waals surface area contributed by atoms with E-state index >= 15 is 0 Å². The first-order valence-electron chi connectivity index (χ1n) is 7.19. The standard InChI is InChI=1S/C19H12N2O3/c20-13-16(14-5-2-1-3-6-14)12-18-9-10-19(24-18)15-7-4-8-17(11-15)21(22)23/h1-12H/b16-12-. The number of nitro benzene ring substituents is 1. The van der Waals surface area contributed by atoms with Crippen molar-refractivity contribution in [3.63, 3.8) is 0 Å². The van der Waals surface area contributed by atoms with Gasteiger partial charge in [-0.15, -0.1) is 0 Å². The molecule has 0 saturated carbocycles. The SMILES string of the molecule is N#C/C(=C/c1ccc(-c2cccc([N+](=O)[O-])c2)o1)c1ccccc1. The first-order chi connectivity index (χ1) is 11.7. The van der Waals surface area contributed by atoms with Crippen molar-refractivity contribution in [2.45, 2.75) is 0 Å². The monoisotopic (exact) mass is 316 g/mol. The van der Waals surface area contributed by atoms with Crippen molar-refractivity contribution >= 4 is 17.3 Å². The van der Waals surface area contributed by atoms with Gasteiger partial charge in [0.05, 0.1) is 16.6 Å². The van der Waals surface area contributed by atoms with Crippen LogP contribution in [0.5, 0.6) is 0 Å². The van der Waals surface area contributed by atoms with E-state index in [-0.39, 0.29) is 5.69 Å². The third-order valence-electron chi connectivity index (χ3n) is 3.46. The molecule has 1 heterocycles. The predicted octanol–water partition coefficient (Wildman–Crippen LogP) is 4.92. The Labute approximate surface area is 138 Å². The molecule has 0 saturated heterocycles. The predicted molar refractivity (Wildman–Crippen MR) is 90.7 cm³/mol. The Bertz CT molecular complexity index is 950. The van der Waals surface area contributed by atoms with Crippen LogP contribution in [0.15, 0.2) is 71.1 Å². The van der Waals surface area contributed by atoms with Gasteiger partial charge in [-0.3, -0.25) is 10.1 Å². The number of furan rings is 1. The summed E-state index contributed by atoms with van der Waals surface area (Å²) in [7, 11) is 0. The van der Waals surface area contributed by atoms with E-state index in [0.29, 0.717) is 22.7 Å². The summed E-state index contributed by atoms with van der Waals surface area (Å²) >= 11 is 0. The molecule has 0 unspecified atom stereocenters. The summed E-state index contributed by atoms with van der Waals surface area (Å²) in [6, 6.07) is 21.1. The number of nitro groups is 1. The van der Waals surface area contributed by atoms with E-state index in [1.165, 1.54) is 12.1 Å². The minimum Gasteiger partial charge on any atom is -0.457 e. The van der Waals surface area contributed by atoms with E-state index in [1.54, 1.807) is 30.3 Å². The molecule has 24 heavy (non-hydrogen) atoms. The third-order valence-corrected chi connectivity index (χ3v) is 3.46. The Morgan fingerprint density at radius 3 is 2.58 bits per heavy atom. The lowest BCUT2D eigenvalue weighted by molar-refractivity contribution is -0.384. The zero-order valence-corrected chi connectivity index (χ0v) is 12.5. The van der Waals surface area contributed by atoms with Gasteiger partial charge in [0.15, 0.2) is 0 Å². The summed E-state index contributed by atoms with van der Waals surface area (Å²) in [6.45, 7) is 0. The molecular formula is C19H12N2O3. The van der Waals surface area contributed by atoms with Crippen molar-refractivity contribution in [1.82, 2.24) is 0 Å². The quantitative estimate of drug-likeness (QED) is 0.389. The fourth-order valence-electron chi connectivity index (χ4n) is 2.30. The molecule has 2 aromatic carbocycles. The summed E-state index contributed by atoms with van der Waals surface area (Å²) in [6.07, 6.45) is 1.65. The van der Waals surface area contributed by atoms with Crippen LogP contribution in [0.3, 0.4) is 0 Å². The van der Waals surface area contributed by atoms with Crippen molar-refractivity contribution in [2.24, 2.45) is 0 Å². The van der Waals surface area contributed by atoms with Crippen LogP contribution < -0.4 is 0 Å². The summed E-state index contributed by atoms with van der Waals surface area (Å²) in [5, 5.41) is 20.2. The molecule has 0 N–H and O–H groups in total. The van der Waals surface area contributed by atoms with Crippen LogP contribution in [0.4, 0.5) is 5.69 Å². The normalized spacial score (nSPS) is 11.0. The molecule has 5 nitrogen and oxygen atoms in total. The lowest BCUT2D eigenvalue weighted by Gasteiger charge is -1.98. The largest absolute Gasteiger partial charge is 0.457 e. The molecule has 0 atom stereocenters. The number of hydrogen-bond acceptors (Lipinski definition) is 4. The molecule has 0 aliphatic rings. The van der Waals surface area contributed by atoms with Crippen LogP contribution in [0.2, 0.25) is 0 Å². The van der Waals surface area contributed by atoms with E-state index in [1.807, 2.05) is 30.3 Å². The highest BCUT2D eigenvalue weighted by atomic mass is 16.6. The number of benzene rings is 2. The van der Waals surface area contributed by atoms with Gasteiger partial charge in [-0.1, -0.05) is 42.5 Å². The van der Waals surface area contributed by atoms with Crippen LogP contribution in [0.1, 0.15) is 11.3 Å². The number of nitriles is 1. The highest BCUT2D eigenvalue weighted by Crippen LogP contribution is 2.27. The molecule has 0 radical (unpaired) electrons. The number of non-ortho nitro benzene ring substituents is 1. The van der Waals surface area contributed by atoms with E-state index in [4.69, 9.17) is 4.42 Å². The Kier molecular flexibility index (Phi) is 4.21. The molecule has 1 aromatic heterocycles. The molecule has 3 aromatic rings. The zero-order chi connectivity index (χ0) is 16.9. The Morgan fingerprint density at radius 1 is 1.08 bits per heavy atom. The van der Waals surface area contributed by atoms with Gasteiger partial charge in [0.25, 0.3) is 5.69 Å². The van der Waals surface area contributed by atoms with Crippen molar-refractivity contribution < 1.29 is 9.34 Å². The van der Waals surface area contributed by atoms with Gasteiger partial charge in [-0.05, 0) is 23.8 Å². The fourth-order valence-corrected chi connectivity index (χ4v) is 2.30. The smallest absolute Gasteiger partial charge is 0.270 e. The maximum absolute atomic E-state index is 10.9. The molecule has 5 heteroatoms. The molecule has 116 valence electrons. The maximum Gasteiger partial charge on any atom is 0.270 e. The average molecular weight is 316 g/mol. The summed E-state index contributed by atoms with van der Waals surface area (Å²) in [4.78, 5) is 10.4. The van der Waals surface area contributed by atoms with Crippen LogP contribution in [0.25, 0.3) is 23.0 Å². The van der Waals surface area contributed by atoms with E-state index in [0.717, 1.165) is 5.56 Å². The Morgan fingerprint density at radius 2 is 1.88 bits per heavy atom. The summed E-state index contributed by atoms with van der Waals surface area (Å²) < 4.78 is 5.71. The van der Waals surface area contributed by atoms with Crippen LogP contribution in [0, 0.1) is 21.4 Å². The minimum atomic E-state index is -0.448. The zero-order valence-electron chi connectivity index (χ0n) is 12.5. The highest BCUT2D eigenvalue weighted by molar-refractivity contribution is 5.88. The van der Waals surface area contributed by atoms with Gasteiger partial charge in [-0.25, -0.2) is 0 Å². The molecule has 0 spiro atoms. The van der Waals surface area contributed by atoms with Crippen LogP contribution in [-0.2, 0) is 0 Å². The topological polar surface area (TPSA) is 80.1 Å². The van der Waals surface area contributed by atoms with Gasteiger partial charge < -0.3 is 4.42 Å². The number of rotatable bonds is 4. The van der Waals surface area contributed by atoms with Gasteiger partial charge in [-0.2, -0.15) is 5.26 Å². The second-order valence-electron chi connectivity index (χ2n) is 5.05. The lowest BCUT2D eigenvalue weighted by Crippen LogP contribution is -1.87. The Balaban J connectivity index is 1.94. The van der Waals surface area contributed by atoms with Crippen molar-refractivity contribution in [3.05, 3.63) is 88.2 Å². The molecule has 3 rings (SSSR count). The fraction of sp³-hybridized carbons (Fsp3) is 0. The number of nitrogens with zero attached hydrogens (tertiary/aromatic N) is 2.